The molecule has 0 aliphatic carbocycles. The molecule has 0 aliphatic heterocycles. The fraction of sp³-hybridized carbons (Fsp3) is 0.400. The Kier molecular flexibility index (Phi) is 5.14. The summed E-state index contributed by atoms with van der Waals surface area (Å²) in [5, 5.41) is 5.45. The van der Waals surface area contributed by atoms with E-state index in [-0.39, 0.29) is 11.9 Å². The number of hydrogen-bond donors (Lipinski definition) is 2. The van der Waals surface area contributed by atoms with Crippen molar-refractivity contribution in [1.82, 2.24) is 15.3 Å². The van der Waals surface area contributed by atoms with Crippen LogP contribution in [0.25, 0.3) is 21.8 Å². The second kappa shape index (κ2) is 7.47. The standard InChI is InChI=1S/C20H25N3O/c1-3-4-5-6-11-18(22-14(2)24)20-19-16(12-13-21-20)15-9-7-8-10-17(15)23-19/h7-10,12-13,18,23H,3-6,11H2,1-2H3,(H,22,24)/t18-/m1/s1. The number of pyridine rings is 1. The molecule has 24 heavy (non-hydrogen) atoms. The SMILES string of the molecule is CCCCCC[C@@H](NC(C)=O)c1nccc2c1[nH]c1ccccc12. The van der Waals surface area contributed by atoms with Gasteiger partial charge in [-0.3, -0.25) is 9.78 Å². The highest BCUT2D eigenvalue weighted by atomic mass is 16.1. The molecule has 2 N–H and O–H groups in total. The van der Waals surface area contributed by atoms with Gasteiger partial charge in [-0.05, 0) is 18.6 Å². The van der Waals surface area contributed by atoms with Crippen LogP contribution in [0.1, 0.15) is 57.7 Å². The van der Waals surface area contributed by atoms with Crippen molar-refractivity contribution in [2.45, 2.75) is 52.0 Å². The van der Waals surface area contributed by atoms with Gasteiger partial charge in [0, 0.05) is 29.4 Å². The number of hydrogen-bond acceptors (Lipinski definition) is 2. The summed E-state index contributed by atoms with van der Waals surface area (Å²) in [5.74, 6) is -0.00888. The van der Waals surface area contributed by atoms with Gasteiger partial charge < -0.3 is 10.3 Å². The normalized spacial score (nSPS) is 12.6. The van der Waals surface area contributed by atoms with Gasteiger partial charge in [0.15, 0.2) is 0 Å². The van der Waals surface area contributed by atoms with Crippen molar-refractivity contribution in [3.8, 4) is 0 Å². The molecule has 126 valence electrons. The van der Waals surface area contributed by atoms with E-state index < -0.39 is 0 Å². The summed E-state index contributed by atoms with van der Waals surface area (Å²) in [4.78, 5) is 19.8. The van der Waals surface area contributed by atoms with Crippen molar-refractivity contribution in [3.63, 3.8) is 0 Å². The Morgan fingerprint density at radius 1 is 1.17 bits per heavy atom. The summed E-state index contributed by atoms with van der Waals surface area (Å²) >= 11 is 0. The second-order valence-electron chi connectivity index (χ2n) is 6.39. The van der Waals surface area contributed by atoms with Gasteiger partial charge in [-0.2, -0.15) is 0 Å². The predicted molar refractivity (Wildman–Crippen MR) is 98.9 cm³/mol. The first-order valence-corrected chi connectivity index (χ1v) is 8.83. The number of amides is 1. The lowest BCUT2D eigenvalue weighted by molar-refractivity contribution is -0.119. The first kappa shape index (κ1) is 16.5. The fourth-order valence-corrected chi connectivity index (χ4v) is 3.36. The number of carbonyl (C=O) groups is 1. The Bertz CT molecular complexity index is 837. The average Bonchev–Trinajstić information content (AvgIpc) is 2.96. The number of nitrogens with one attached hydrogen (secondary N) is 2. The summed E-state index contributed by atoms with van der Waals surface area (Å²) in [6, 6.07) is 10.3. The summed E-state index contributed by atoms with van der Waals surface area (Å²) in [7, 11) is 0. The molecule has 1 atom stereocenters. The molecule has 0 unspecified atom stereocenters. The first-order valence-electron chi connectivity index (χ1n) is 8.83. The van der Waals surface area contributed by atoms with E-state index in [4.69, 9.17) is 0 Å². The van der Waals surface area contributed by atoms with Crippen molar-refractivity contribution in [3.05, 3.63) is 42.2 Å². The third kappa shape index (κ3) is 3.42. The minimum atomic E-state index is -0.0453. The van der Waals surface area contributed by atoms with Gasteiger partial charge in [0.05, 0.1) is 17.3 Å². The van der Waals surface area contributed by atoms with Crippen molar-refractivity contribution in [1.29, 1.82) is 0 Å². The lowest BCUT2D eigenvalue weighted by Gasteiger charge is -2.18. The minimum absolute atomic E-state index is 0.00888. The zero-order valence-electron chi connectivity index (χ0n) is 14.4. The van der Waals surface area contributed by atoms with Crippen LogP contribution in [0.3, 0.4) is 0 Å². The Labute approximate surface area is 142 Å². The van der Waals surface area contributed by atoms with Gasteiger partial charge in [-0.15, -0.1) is 0 Å². The largest absolute Gasteiger partial charge is 0.353 e. The van der Waals surface area contributed by atoms with E-state index in [0.717, 1.165) is 29.6 Å². The smallest absolute Gasteiger partial charge is 0.217 e. The quantitative estimate of drug-likeness (QED) is 0.610. The van der Waals surface area contributed by atoms with E-state index in [0.29, 0.717) is 0 Å². The van der Waals surface area contributed by atoms with E-state index in [9.17, 15) is 4.79 Å². The molecule has 1 aromatic carbocycles. The van der Waals surface area contributed by atoms with Crippen LogP contribution in [0.4, 0.5) is 0 Å². The van der Waals surface area contributed by atoms with Crippen molar-refractivity contribution >= 4 is 27.7 Å². The molecule has 0 spiro atoms. The number of benzene rings is 1. The summed E-state index contributed by atoms with van der Waals surface area (Å²) in [6.07, 6.45) is 7.49. The van der Waals surface area contributed by atoms with Gasteiger partial charge in [-0.1, -0.05) is 50.8 Å². The molecule has 3 rings (SSSR count). The molecular formula is C20H25N3O. The molecule has 4 nitrogen and oxygen atoms in total. The van der Waals surface area contributed by atoms with Crippen LogP contribution in [0.2, 0.25) is 0 Å². The average molecular weight is 323 g/mol. The molecule has 0 aliphatic rings. The molecule has 0 fully saturated rings. The number of nitrogens with zero attached hydrogens (tertiary/aromatic N) is 1. The first-order chi connectivity index (χ1) is 11.7. The number of rotatable bonds is 7. The number of H-pyrrole nitrogens is 1. The third-order valence-electron chi connectivity index (χ3n) is 4.51. The Morgan fingerprint density at radius 3 is 2.79 bits per heavy atom. The van der Waals surface area contributed by atoms with E-state index in [2.05, 4.69) is 34.3 Å². The maximum Gasteiger partial charge on any atom is 0.217 e. The monoisotopic (exact) mass is 323 g/mol. The van der Waals surface area contributed by atoms with Crippen molar-refractivity contribution < 1.29 is 4.79 Å². The zero-order chi connectivity index (χ0) is 16.9. The van der Waals surface area contributed by atoms with E-state index in [1.54, 1.807) is 6.92 Å². The number of aromatic amines is 1. The molecule has 2 heterocycles. The number of para-hydroxylation sites is 1. The maximum atomic E-state index is 11.7. The zero-order valence-corrected chi connectivity index (χ0v) is 14.4. The number of fused-ring (bicyclic) bond motifs is 3. The fourth-order valence-electron chi connectivity index (χ4n) is 3.36. The van der Waals surface area contributed by atoms with Crippen LogP contribution < -0.4 is 5.32 Å². The van der Waals surface area contributed by atoms with Crippen LogP contribution in [0, 0.1) is 0 Å². The Morgan fingerprint density at radius 2 is 2.00 bits per heavy atom. The lowest BCUT2D eigenvalue weighted by atomic mass is 10.0. The topological polar surface area (TPSA) is 57.8 Å². The van der Waals surface area contributed by atoms with Crippen LogP contribution in [0.5, 0.6) is 0 Å². The number of unbranched alkanes of at least 4 members (excludes halogenated alkanes) is 3. The van der Waals surface area contributed by atoms with Crippen LogP contribution >= 0.6 is 0 Å². The molecule has 3 aromatic rings. The summed E-state index contributed by atoms with van der Waals surface area (Å²) in [6.45, 7) is 3.78. The minimum Gasteiger partial charge on any atom is -0.353 e. The summed E-state index contributed by atoms with van der Waals surface area (Å²) < 4.78 is 0. The maximum absolute atomic E-state index is 11.7. The van der Waals surface area contributed by atoms with Crippen molar-refractivity contribution in [2.24, 2.45) is 0 Å². The lowest BCUT2D eigenvalue weighted by Crippen LogP contribution is -2.27. The van der Waals surface area contributed by atoms with Gasteiger partial charge in [0.2, 0.25) is 5.91 Å². The van der Waals surface area contributed by atoms with Gasteiger partial charge in [-0.25, -0.2) is 0 Å². The summed E-state index contributed by atoms with van der Waals surface area (Å²) in [5.41, 5.74) is 3.08. The van der Waals surface area contributed by atoms with E-state index in [1.807, 2.05) is 24.4 Å². The van der Waals surface area contributed by atoms with E-state index >= 15 is 0 Å². The highest BCUT2D eigenvalue weighted by Crippen LogP contribution is 2.30. The van der Waals surface area contributed by atoms with Crippen LogP contribution in [0.15, 0.2) is 36.5 Å². The molecule has 2 aromatic heterocycles. The highest BCUT2D eigenvalue weighted by molar-refractivity contribution is 6.07. The Hall–Kier alpha value is -2.36. The van der Waals surface area contributed by atoms with Gasteiger partial charge in [0.25, 0.3) is 0 Å². The predicted octanol–water partition coefficient (Wildman–Crippen LogP) is 4.86. The van der Waals surface area contributed by atoms with Gasteiger partial charge in [0.1, 0.15) is 0 Å². The molecule has 0 bridgehead atoms. The number of carbonyl (C=O) groups excluding carboxylic acids is 1. The molecule has 0 saturated heterocycles. The third-order valence-corrected chi connectivity index (χ3v) is 4.51. The molecule has 0 radical (unpaired) electrons. The second-order valence-corrected chi connectivity index (χ2v) is 6.39. The molecule has 4 heteroatoms. The molecule has 1 amide bonds. The van der Waals surface area contributed by atoms with Gasteiger partial charge >= 0.3 is 0 Å². The van der Waals surface area contributed by atoms with Crippen molar-refractivity contribution in [2.75, 3.05) is 0 Å². The van der Waals surface area contributed by atoms with Crippen LogP contribution in [-0.4, -0.2) is 15.9 Å². The van der Waals surface area contributed by atoms with E-state index in [1.165, 1.54) is 30.0 Å². The molecule has 0 saturated carbocycles. The van der Waals surface area contributed by atoms with Crippen LogP contribution in [-0.2, 0) is 4.79 Å². The highest BCUT2D eigenvalue weighted by Gasteiger charge is 2.18. The molecular weight excluding hydrogens is 298 g/mol. The Balaban J connectivity index is 1.98. The number of aromatic nitrogens is 2.